The number of carboxylic acid groups (broad SMARTS) is 1. The molecular weight excluding hydrogens is 308 g/mol. The number of nitrogens with one attached hydrogen (secondary N) is 1. The second-order valence-electron chi connectivity index (χ2n) is 5.46. The number of rotatable bonds is 8. The van der Waals surface area contributed by atoms with Gasteiger partial charge in [-0.3, -0.25) is 4.79 Å². The van der Waals surface area contributed by atoms with Crippen molar-refractivity contribution in [3.8, 4) is 5.69 Å². The average Bonchev–Trinajstić information content (AvgIpc) is 3.03. The molecule has 0 aliphatic carbocycles. The molecule has 0 bridgehead atoms. The SMILES string of the molecule is CCCC[C@H](NC(=O)c1nc(CC)n(-c2ccccc2)n1)C(=O)O. The van der Waals surface area contributed by atoms with Crippen molar-refractivity contribution in [1.29, 1.82) is 0 Å². The van der Waals surface area contributed by atoms with Gasteiger partial charge in [-0.15, -0.1) is 5.10 Å². The Kier molecular flexibility index (Phi) is 6.06. The molecular formula is C17H22N4O3. The summed E-state index contributed by atoms with van der Waals surface area (Å²) in [7, 11) is 0. The van der Waals surface area contributed by atoms with Crippen LogP contribution in [-0.2, 0) is 11.2 Å². The van der Waals surface area contributed by atoms with E-state index < -0.39 is 17.9 Å². The van der Waals surface area contributed by atoms with Crippen molar-refractivity contribution in [2.24, 2.45) is 0 Å². The van der Waals surface area contributed by atoms with Crippen LogP contribution < -0.4 is 5.32 Å². The maximum absolute atomic E-state index is 12.3. The molecule has 7 heteroatoms. The van der Waals surface area contributed by atoms with Crippen LogP contribution in [0.15, 0.2) is 30.3 Å². The predicted molar refractivity (Wildman–Crippen MR) is 89.2 cm³/mol. The highest BCUT2D eigenvalue weighted by molar-refractivity contribution is 5.93. The van der Waals surface area contributed by atoms with Gasteiger partial charge in [-0.1, -0.05) is 44.9 Å². The lowest BCUT2D eigenvalue weighted by atomic mass is 10.1. The third-order valence-corrected chi connectivity index (χ3v) is 3.64. The fourth-order valence-electron chi connectivity index (χ4n) is 2.33. The molecule has 7 nitrogen and oxygen atoms in total. The molecule has 1 aromatic heterocycles. The van der Waals surface area contributed by atoms with E-state index in [1.54, 1.807) is 4.68 Å². The second kappa shape index (κ2) is 8.24. The predicted octanol–water partition coefficient (Wildman–Crippen LogP) is 2.20. The molecule has 0 saturated carbocycles. The largest absolute Gasteiger partial charge is 0.480 e. The van der Waals surface area contributed by atoms with E-state index in [0.717, 1.165) is 18.5 Å². The molecule has 0 aliphatic heterocycles. The Hall–Kier alpha value is -2.70. The van der Waals surface area contributed by atoms with E-state index in [1.807, 2.05) is 44.2 Å². The minimum absolute atomic E-state index is 0.0153. The van der Waals surface area contributed by atoms with E-state index in [9.17, 15) is 14.7 Å². The number of carbonyl (C=O) groups is 2. The number of amides is 1. The summed E-state index contributed by atoms with van der Waals surface area (Å²) in [4.78, 5) is 27.8. The van der Waals surface area contributed by atoms with Gasteiger partial charge in [-0.2, -0.15) is 0 Å². The molecule has 0 saturated heterocycles. The number of para-hydroxylation sites is 1. The fraction of sp³-hybridized carbons (Fsp3) is 0.412. The molecule has 2 rings (SSSR count). The summed E-state index contributed by atoms with van der Waals surface area (Å²) < 4.78 is 1.61. The molecule has 2 N–H and O–H groups in total. The minimum Gasteiger partial charge on any atom is -0.480 e. The van der Waals surface area contributed by atoms with Crippen LogP contribution in [0.1, 0.15) is 49.6 Å². The number of unbranched alkanes of at least 4 members (excludes halogenated alkanes) is 1. The van der Waals surface area contributed by atoms with Crippen LogP contribution in [0, 0.1) is 0 Å². The first-order valence-corrected chi connectivity index (χ1v) is 8.11. The van der Waals surface area contributed by atoms with E-state index in [1.165, 1.54) is 0 Å². The number of aliphatic carboxylic acids is 1. The zero-order valence-electron chi connectivity index (χ0n) is 13.9. The lowest BCUT2D eigenvalue weighted by Gasteiger charge is -2.12. The van der Waals surface area contributed by atoms with Crippen molar-refractivity contribution in [1.82, 2.24) is 20.1 Å². The topological polar surface area (TPSA) is 97.1 Å². The quantitative estimate of drug-likeness (QED) is 0.773. The van der Waals surface area contributed by atoms with E-state index in [0.29, 0.717) is 18.7 Å². The molecule has 24 heavy (non-hydrogen) atoms. The van der Waals surface area contributed by atoms with Crippen LogP contribution in [-0.4, -0.2) is 37.8 Å². The van der Waals surface area contributed by atoms with Crippen LogP contribution in [0.4, 0.5) is 0 Å². The van der Waals surface area contributed by atoms with Crippen LogP contribution >= 0.6 is 0 Å². The Morgan fingerprint density at radius 2 is 1.96 bits per heavy atom. The summed E-state index contributed by atoms with van der Waals surface area (Å²) in [5, 5.41) is 16.0. The van der Waals surface area contributed by atoms with Gasteiger partial charge in [-0.25, -0.2) is 14.5 Å². The molecule has 1 heterocycles. The first-order chi connectivity index (χ1) is 11.6. The highest BCUT2D eigenvalue weighted by atomic mass is 16.4. The average molecular weight is 330 g/mol. The molecule has 0 unspecified atom stereocenters. The van der Waals surface area contributed by atoms with Crippen molar-refractivity contribution >= 4 is 11.9 Å². The van der Waals surface area contributed by atoms with Crippen LogP contribution in [0.3, 0.4) is 0 Å². The summed E-state index contributed by atoms with van der Waals surface area (Å²) in [6, 6.07) is 8.47. The van der Waals surface area contributed by atoms with Gasteiger partial charge < -0.3 is 10.4 Å². The summed E-state index contributed by atoms with van der Waals surface area (Å²) in [5.74, 6) is -0.983. The van der Waals surface area contributed by atoms with Gasteiger partial charge in [0.05, 0.1) is 5.69 Å². The summed E-state index contributed by atoms with van der Waals surface area (Å²) in [6.45, 7) is 3.89. The molecule has 2 aromatic rings. The van der Waals surface area contributed by atoms with Crippen LogP contribution in [0.5, 0.6) is 0 Å². The van der Waals surface area contributed by atoms with E-state index >= 15 is 0 Å². The minimum atomic E-state index is -1.05. The lowest BCUT2D eigenvalue weighted by Crippen LogP contribution is -2.41. The molecule has 0 spiro atoms. The van der Waals surface area contributed by atoms with Gasteiger partial charge in [0.2, 0.25) is 5.82 Å². The van der Waals surface area contributed by atoms with Crippen molar-refractivity contribution < 1.29 is 14.7 Å². The third-order valence-electron chi connectivity index (χ3n) is 3.64. The number of hydrogen-bond donors (Lipinski definition) is 2. The summed E-state index contributed by atoms with van der Waals surface area (Å²) >= 11 is 0. The van der Waals surface area contributed by atoms with Crippen molar-refractivity contribution in [3.63, 3.8) is 0 Å². The van der Waals surface area contributed by atoms with Gasteiger partial charge in [-0.05, 0) is 18.6 Å². The number of benzene rings is 1. The number of aromatic nitrogens is 3. The Labute approximate surface area is 140 Å². The molecule has 0 aliphatic rings. The fourth-order valence-corrected chi connectivity index (χ4v) is 2.33. The highest BCUT2D eigenvalue weighted by Gasteiger charge is 2.23. The molecule has 1 aromatic carbocycles. The third kappa shape index (κ3) is 4.18. The lowest BCUT2D eigenvalue weighted by molar-refractivity contribution is -0.139. The van der Waals surface area contributed by atoms with Crippen molar-refractivity contribution in [2.75, 3.05) is 0 Å². The van der Waals surface area contributed by atoms with Crippen molar-refractivity contribution in [3.05, 3.63) is 42.0 Å². The van der Waals surface area contributed by atoms with Gasteiger partial charge in [0, 0.05) is 6.42 Å². The van der Waals surface area contributed by atoms with Gasteiger partial charge >= 0.3 is 5.97 Å². The number of nitrogens with zero attached hydrogens (tertiary/aromatic N) is 3. The Morgan fingerprint density at radius 3 is 2.54 bits per heavy atom. The highest BCUT2D eigenvalue weighted by Crippen LogP contribution is 2.11. The van der Waals surface area contributed by atoms with E-state index in [-0.39, 0.29) is 5.82 Å². The Balaban J connectivity index is 2.21. The van der Waals surface area contributed by atoms with Gasteiger partial charge in [0.25, 0.3) is 5.91 Å². The zero-order valence-corrected chi connectivity index (χ0v) is 13.9. The summed E-state index contributed by atoms with van der Waals surface area (Å²) in [5.41, 5.74) is 0.807. The maximum Gasteiger partial charge on any atom is 0.326 e. The Morgan fingerprint density at radius 1 is 1.25 bits per heavy atom. The molecule has 1 amide bonds. The smallest absolute Gasteiger partial charge is 0.326 e. The number of carbonyl (C=O) groups excluding carboxylic acids is 1. The molecule has 1 atom stereocenters. The number of aryl methyl sites for hydroxylation is 1. The van der Waals surface area contributed by atoms with Crippen LogP contribution in [0.25, 0.3) is 5.69 Å². The molecule has 0 radical (unpaired) electrons. The van der Waals surface area contributed by atoms with Crippen LogP contribution in [0.2, 0.25) is 0 Å². The number of hydrogen-bond acceptors (Lipinski definition) is 4. The Bertz CT molecular complexity index is 697. The van der Waals surface area contributed by atoms with Crippen molar-refractivity contribution in [2.45, 2.75) is 45.6 Å². The first-order valence-electron chi connectivity index (χ1n) is 8.11. The normalized spacial score (nSPS) is 11.9. The van der Waals surface area contributed by atoms with Gasteiger partial charge in [0.1, 0.15) is 11.9 Å². The van der Waals surface area contributed by atoms with E-state index in [2.05, 4.69) is 15.4 Å². The maximum atomic E-state index is 12.3. The van der Waals surface area contributed by atoms with Gasteiger partial charge in [0.15, 0.2) is 0 Å². The van der Waals surface area contributed by atoms with E-state index in [4.69, 9.17) is 0 Å². The standard InChI is InChI=1S/C17H22N4O3/c1-3-5-11-13(17(23)24)18-16(22)15-19-14(4-2)21(20-15)12-9-7-6-8-10-12/h6-10,13H,3-5,11H2,1-2H3,(H,18,22)(H,23,24)/t13-/m0/s1. The second-order valence-corrected chi connectivity index (χ2v) is 5.46. The zero-order chi connectivity index (χ0) is 17.5. The monoisotopic (exact) mass is 330 g/mol. The summed E-state index contributed by atoms with van der Waals surface area (Å²) in [6.07, 6.45) is 2.58. The molecule has 0 fully saturated rings. The first kappa shape index (κ1) is 17.7. The number of carboxylic acids is 1. The molecule has 128 valence electrons.